The van der Waals surface area contributed by atoms with E-state index in [4.69, 9.17) is 21.1 Å². The van der Waals surface area contributed by atoms with Gasteiger partial charge in [-0.3, -0.25) is 0 Å². The van der Waals surface area contributed by atoms with Gasteiger partial charge in [-0.05, 0) is 6.42 Å². The maximum atomic E-state index is 5.59. The lowest BCUT2D eigenvalue weighted by molar-refractivity contribution is 0.0363. The summed E-state index contributed by atoms with van der Waals surface area (Å²) in [5.74, 6) is 0.489. The van der Waals surface area contributed by atoms with Crippen LogP contribution in [0.15, 0.2) is 24.3 Å². The molecule has 0 spiro atoms. The van der Waals surface area contributed by atoms with Gasteiger partial charge in [0.15, 0.2) is 11.9 Å². The fourth-order valence-corrected chi connectivity index (χ4v) is 1.35. The van der Waals surface area contributed by atoms with E-state index in [1.165, 1.54) is 0 Å². The molecule has 3 atom stereocenters. The Bertz CT molecular complexity index is 213. The summed E-state index contributed by atoms with van der Waals surface area (Å²) in [4.78, 5) is 0. The second-order valence-corrected chi connectivity index (χ2v) is 3.43. The minimum atomic E-state index is -0.215. The molecule has 0 bridgehead atoms. The quantitative estimate of drug-likeness (QED) is 0.497. The molecular weight excluding hydrogens is 176 g/mol. The molecule has 2 nitrogen and oxygen atoms in total. The molecule has 1 saturated heterocycles. The first-order valence-electron chi connectivity index (χ1n) is 4.11. The number of halogens is 1. The summed E-state index contributed by atoms with van der Waals surface area (Å²) in [6.07, 6.45) is 9.27. The molecule has 0 aromatic rings. The Morgan fingerprint density at radius 1 is 1.50 bits per heavy atom. The maximum absolute atomic E-state index is 5.59. The number of hydrogen-bond donors (Lipinski definition) is 0. The molecule has 12 heavy (non-hydrogen) atoms. The van der Waals surface area contributed by atoms with Gasteiger partial charge in [0, 0.05) is 5.92 Å². The summed E-state index contributed by atoms with van der Waals surface area (Å²) < 4.78 is 10.3. The first-order chi connectivity index (χ1) is 5.86. The third-order valence-corrected chi connectivity index (χ3v) is 2.25. The summed E-state index contributed by atoms with van der Waals surface area (Å²) in [6, 6.07) is 0. The Morgan fingerprint density at radius 3 is 2.92 bits per heavy atom. The Kier molecular flexibility index (Phi) is 2.49. The topological polar surface area (TPSA) is 21.8 Å². The molecule has 0 N–H and O–H groups in total. The van der Waals surface area contributed by atoms with Crippen LogP contribution in [0, 0.1) is 5.92 Å². The molecule has 2 aliphatic rings. The molecule has 1 aliphatic carbocycles. The predicted octanol–water partition coefficient (Wildman–Crippen LogP) is 2.06. The van der Waals surface area contributed by atoms with Gasteiger partial charge in [-0.25, -0.2) is 0 Å². The molecule has 0 aromatic carbocycles. The highest BCUT2D eigenvalue weighted by Crippen LogP contribution is 2.27. The van der Waals surface area contributed by atoms with Crippen molar-refractivity contribution in [2.75, 3.05) is 6.61 Å². The molecule has 2 rings (SSSR count). The standard InChI is InChI=1S/C9H11ClO2/c10-8-9(12-8)11-6-7-4-2-1-3-5-7/h1-4,7-9H,5-6H2/t7-,8+,9?/m1/s1. The van der Waals surface area contributed by atoms with E-state index in [9.17, 15) is 0 Å². The van der Waals surface area contributed by atoms with Crippen LogP contribution < -0.4 is 0 Å². The van der Waals surface area contributed by atoms with Crippen molar-refractivity contribution in [1.82, 2.24) is 0 Å². The lowest BCUT2D eigenvalue weighted by Gasteiger charge is -2.11. The molecule has 0 saturated carbocycles. The molecular formula is C9H11ClO2. The average Bonchev–Trinajstić information content (AvgIpc) is 2.81. The molecule has 0 aromatic heterocycles. The van der Waals surface area contributed by atoms with E-state index in [-0.39, 0.29) is 11.9 Å². The van der Waals surface area contributed by atoms with E-state index in [1.54, 1.807) is 0 Å². The largest absolute Gasteiger partial charge is 0.348 e. The van der Waals surface area contributed by atoms with Crippen molar-refractivity contribution in [3.8, 4) is 0 Å². The van der Waals surface area contributed by atoms with Gasteiger partial charge in [-0.15, -0.1) is 0 Å². The third kappa shape index (κ3) is 2.09. The van der Waals surface area contributed by atoms with Crippen LogP contribution in [0.4, 0.5) is 0 Å². The number of epoxide rings is 1. The second-order valence-electron chi connectivity index (χ2n) is 3.00. The number of alkyl halides is 1. The van der Waals surface area contributed by atoms with Crippen LogP contribution in [-0.2, 0) is 9.47 Å². The van der Waals surface area contributed by atoms with E-state index >= 15 is 0 Å². The van der Waals surface area contributed by atoms with Gasteiger partial charge in [-0.2, -0.15) is 0 Å². The fraction of sp³-hybridized carbons (Fsp3) is 0.556. The van der Waals surface area contributed by atoms with Crippen LogP contribution in [0.3, 0.4) is 0 Å². The second kappa shape index (κ2) is 3.60. The Balaban J connectivity index is 1.67. The van der Waals surface area contributed by atoms with Crippen LogP contribution in [0.2, 0.25) is 0 Å². The Labute approximate surface area is 76.8 Å². The molecule has 0 amide bonds. The van der Waals surface area contributed by atoms with Crippen molar-refractivity contribution in [3.63, 3.8) is 0 Å². The van der Waals surface area contributed by atoms with Crippen molar-refractivity contribution in [3.05, 3.63) is 24.3 Å². The first-order valence-corrected chi connectivity index (χ1v) is 4.54. The molecule has 1 unspecified atom stereocenters. The van der Waals surface area contributed by atoms with Crippen LogP contribution in [0.5, 0.6) is 0 Å². The van der Waals surface area contributed by atoms with E-state index in [0.29, 0.717) is 12.5 Å². The van der Waals surface area contributed by atoms with E-state index in [2.05, 4.69) is 18.2 Å². The average molecular weight is 187 g/mol. The summed E-state index contributed by atoms with van der Waals surface area (Å²) in [6.45, 7) is 0.703. The zero-order valence-corrected chi connectivity index (χ0v) is 7.41. The monoisotopic (exact) mass is 186 g/mol. The van der Waals surface area contributed by atoms with Gasteiger partial charge in [0.05, 0.1) is 6.61 Å². The van der Waals surface area contributed by atoms with Crippen LogP contribution in [0.25, 0.3) is 0 Å². The number of rotatable bonds is 3. The molecule has 1 fully saturated rings. The summed E-state index contributed by atoms with van der Waals surface area (Å²) in [5, 5.41) is 0. The number of allylic oxidation sites excluding steroid dienone is 3. The van der Waals surface area contributed by atoms with Crippen molar-refractivity contribution in [2.45, 2.75) is 18.3 Å². The third-order valence-electron chi connectivity index (χ3n) is 1.95. The molecule has 1 aliphatic heterocycles. The normalized spacial score (nSPS) is 38.6. The predicted molar refractivity (Wildman–Crippen MR) is 46.9 cm³/mol. The fourth-order valence-electron chi connectivity index (χ4n) is 1.17. The van der Waals surface area contributed by atoms with Crippen molar-refractivity contribution < 1.29 is 9.47 Å². The highest BCUT2D eigenvalue weighted by molar-refractivity contribution is 6.21. The lowest BCUT2D eigenvalue weighted by Crippen LogP contribution is -2.09. The zero-order chi connectivity index (χ0) is 8.39. The van der Waals surface area contributed by atoms with Crippen molar-refractivity contribution in [2.24, 2.45) is 5.92 Å². The number of ether oxygens (including phenoxy) is 2. The zero-order valence-electron chi connectivity index (χ0n) is 6.65. The molecule has 3 heteroatoms. The molecule has 1 heterocycles. The maximum Gasteiger partial charge on any atom is 0.200 e. The summed E-state index contributed by atoms with van der Waals surface area (Å²) >= 11 is 5.59. The summed E-state index contributed by atoms with van der Waals surface area (Å²) in [7, 11) is 0. The van der Waals surface area contributed by atoms with E-state index in [1.807, 2.05) is 6.08 Å². The number of hydrogen-bond acceptors (Lipinski definition) is 2. The van der Waals surface area contributed by atoms with Gasteiger partial charge >= 0.3 is 0 Å². The van der Waals surface area contributed by atoms with Crippen molar-refractivity contribution >= 4 is 11.6 Å². The minimum Gasteiger partial charge on any atom is -0.348 e. The summed E-state index contributed by atoms with van der Waals surface area (Å²) in [5.41, 5.74) is -0.215. The van der Waals surface area contributed by atoms with Gasteiger partial charge in [-0.1, -0.05) is 35.9 Å². The highest BCUT2D eigenvalue weighted by Gasteiger charge is 2.38. The van der Waals surface area contributed by atoms with Gasteiger partial charge in [0.25, 0.3) is 0 Å². The molecule has 0 radical (unpaired) electrons. The molecule has 66 valence electrons. The smallest absolute Gasteiger partial charge is 0.200 e. The van der Waals surface area contributed by atoms with E-state index < -0.39 is 0 Å². The van der Waals surface area contributed by atoms with Crippen molar-refractivity contribution in [1.29, 1.82) is 0 Å². The van der Waals surface area contributed by atoms with Crippen LogP contribution >= 0.6 is 11.6 Å². The van der Waals surface area contributed by atoms with Gasteiger partial charge in [0.2, 0.25) is 0 Å². The minimum absolute atomic E-state index is 0.161. The van der Waals surface area contributed by atoms with Gasteiger partial charge < -0.3 is 9.47 Å². The SMILES string of the molecule is Cl[C@H]1OC1OC[C@@H]1C=CC=CC1. The van der Waals surface area contributed by atoms with E-state index in [0.717, 1.165) is 6.42 Å². The lowest BCUT2D eigenvalue weighted by atomic mass is 10.0. The Hall–Kier alpha value is -0.310. The highest BCUT2D eigenvalue weighted by atomic mass is 35.5. The van der Waals surface area contributed by atoms with Crippen LogP contribution in [0.1, 0.15) is 6.42 Å². The van der Waals surface area contributed by atoms with Gasteiger partial charge in [0.1, 0.15) is 0 Å². The Morgan fingerprint density at radius 2 is 2.33 bits per heavy atom. The van der Waals surface area contributed by atoms with Crippen LogP contribution in [-0.4, -0.2) is 18.5 Å². The first kappa shape index (κ1) is 8.30.